The van der Waals surface area contributed by atoms with Crippen LogP contribution in [0.25, 0.3) is 11.0 Å². The summed E-state index contributed by atoms with van der Waals surface area (Å²) in [7, 11) is 0. The molecular weight excluding hydrogens is 220 g/mol. The van der Waals surface area contributed by atoms with E-state index in [9.17, 15) is 9.59 Å². The molecule has 0 atom stereocenters. The van der Waals surface area contributed by atoms with E-state index >= 15 is 0 Å². The molecule has 0 aliphatic rings. The van der Waals surface area contributed by atoms with E-state index in [0.29, 0.717) is 5.52 Å². The standard InChI is InChI=1S/C12H12N2O3/c1-6(2)11-13-8-4-3-7(5-9(8)14-11)10(15)12(16)17/h3-6H,1-2H3,(H,13,14)(H,16,17). The first kappa shape index (κ1) is 11.3. The number of carboxylic acid groups (broad SMARTS) is 1. The summed E-state index contributed by atoms with van der Waals surface area (Å²) in [6.07, 6.45) is 0. The van der Waals surface area contributed by atoms with E-state index in [4.69, 9.17) is 5.11 Å². The average Bonchev–Trinajstić information content (AvgIpc) is 2.70. The Balaban J connectivity index is 2.50. The smallest absolute Gasteiger partial charge is 0.377 e. The largest absolute Gasteiger partial charge is 0.475 e. The molecule has 0 fully saturated rings. The number of aromatic amines is 1. The Morgan fingerprint density at radius 1 is 1.35 bits per heavy atom. The van der Waals surface area contributed by atoms with E-state index in [0.717, 1.165) is 11.3 Å². The summed E-state index contributed by atoms with van der Waals surface area (Å²) < 4.78 is 0. The maximum absolute atomic E-state index is 11.3. The molecule has 1 aromatic heterocycles. The minimum atomic E-state index is -1.45. The second kappa shape index (κ2) is 4.01. The number of fused-ring (bicyclic) bond motifs is 1. The van der Waals surface area contributed by atoms with E-state index in [1.165, 1.54) is 12.1 Å². The highest BCUT2D eigenvalue weighted by Crippen LogP contribution is 2.18. The van der Waals surface area contributed by atoms with Gasteiger partial charge in [0.15, 0.2) is 0 Å². The van der Waals surface area contributed by atoms with Gasteiger partial charge in [-0.25, -0.2) is 9.78 Å². The number of carbonyl (C=O) groups is 2. The van der Waals surface area contributed by atoms with E-state index in [2.05, 4.69) is 9.97 Å². The van der Waals surface area contributed by atoms with Gasteiger partial charge in [0, 0.05) is 11.5 Å². The molecular formula is C12H12N2O3. The topological polar surface area (TPSA) is 83.1 Å². The predicted octanol–water partition coefficient (Wildman–Crippen LogP) is 1.95. The van der Waals surface area contributed by atoms with Gasteiger partial charge in [0.2, 0.25) is 0 Å². The molecule has 0 amide bonds. The van der Waals surface area contributed by atoms with Crippen molar-refractivity contribution in [3.63, 3.8) is 0 Å². The number of ketones is 1. The number of nitrogens with zero attached hydrogens (tertiary/aromatic N) is 1. The Hall–Kier alpha value is -2.17. The van der Waals surface area contributed by atoms with Crippen LogP contribution >= 0.6 is 0 Å². The normalized spacial score (nSPS) is 11.0. The van der Waals surface area contributed by atoms with Gasteiger partial charge in [-0.05, 0) is 18.2 Å². The fourth-order valence-electron chi connectivity index (χ4n) is 1.57. The number of hydrogen-bond donors (Lipinski definition) is 2. The SMILES string of the molecule is CC(C)c1nc2ccc(C(=O)C(=O)O)cc2[nH]1. The van der Waals surface area contributed by atoms with Crippen LogP contribution in [0, 0.1) is 0 Å². The Kier molecular flexibility index (Phi) is 2.67. The van der Waals surface area contributed by atoms with Gasteiger partial charge in [-0.1, -0.05) is 13.8 Å². The summed E-state index contributed by atoms with van der Waals surface area (Å²) in [5.41, 5.74) is 1.57. The van der Waals surface area contributed by atoms with Crippen LogP contribution in [0.4, 0.5) is 0 Å². The zero-order valence-corrected chi connectivity index (χ0v) is 9.52. The van der Waals surface area contributed by atoms with Crippen molar-refractivity contribution in [1.82, 2.24) is 9.97 Å². The van der Waals surface area contributed by atoms with Crippen molar-refractivity contribution in [2.45, 2.75) is 19.8 Å². The maximum Gasteiger partial charge on any atom is 0.377 e. The van der Waals surface area contributed by atoms with E-state index in [1.807, 2.05) is 13.8 Å². The van der Waals surface area contributed by atoms with Crippen molar-refractivity contribution in [2.75, 3.05) is 0 Å². The Labute approximate surface area is 97.5 Å². The minimum Gasteiger partial charge on any atom is -0.475 e. The van der Waals surface area contributed by atoms with Crippen molar-refractivity contribution in [1.29, 1.82) is 0 Å². The second-order valence-electron chi connectivity index (χ2n) is 4.14. The molecule has 0 spiro atoms. The highest BCUT2D eigenvalue weighted by molar-refractivity contribution is 6.40. The van der Waals surface area contributed by atoms with Crippen molar-refractivity contribution in [3.05, 3.63) is 29.6 Å². The number of hydrogen-bond acceptors (Lipinski definition) is 3. The van der Waals surface area contributed by atoms with Crippen LogP contribution in [0.2, 0.25) is 0 Å². The van der Waals surface area contributed by atoms with Crippen molar-refractivity contribution in [3.8, 4) is 0 Å². The van der Waals surface area contributed by atoms with Crippen LogP contribution in [-0.4, -0.2) is 26.8 Å². The number of carbonyl (C=O) groups excluding carboxylic acids is 1. The van der Waals surface area contributed by atoms with E-state index in [-0.39, 0.29) is 11.5 Å². The zero-order valence-electron chi connectivity index (χ0n) is 9.52. The average molecular weight is 232 g/mol. The molecule has 0 bridgehead atoms. The number of aliphatic carboxylic acids is 1. The summed E-state index contributed by atoms with van der Waals surface area (Å²) in [4.78, 5) is 29.3. The molecule has 5 heteroatoms. The fourth-order valence-corrected chi connectivity index (χ4v) is 1.57. The van der Waals surface area contributed by atoms with Gasteiger partial charge >= 0.3 is 5.97 Å². The lowest BCUT2D eigenvalue weighted by molar-refractivity contribution is -0.131. The number of Topliss-reactive ketones (excluding diaryl/α,β-unsaturated/α-hetero) is 1. The first-order chi connectivity index (χ1) is 7.99. The van der Waals surface area contributed by atoms with E-state index < -0.39 is 11.8 Å². The second-order valence-corrected chi connectivity index (χ2v) is 4.14. The molecule has 1 heterocycles. The van der Waals surface area contributed by atoms with Crippen molar-refractivity contribution in [2.24, 2.45) is 0 Å². The maximum atomic E-state index is 11.3. The van der Waals surface area contributed by atoms with Crippen LogP contribution in [0.1, 0.15) is 35.9 Å². The van der Waals surface area contributed by atoms with E-state index in [1.54, 1.807) is 6.07 Å². The van der Waals surface area contributed by atoms with Crippen LogP contribution in [0.5, 0.6) is 0 Å². The molecule has 0 aliphatic carbocycles. The number of imidazole rings is 1. The van der Waals surface area contributed by atoms with Gasteiger partial charge < -0.3 is 10.1 Å². The molecule has 2 aromatic rings. The van der Waals surface area contributed by atoms with Crippen molar-refractivity contribution >= 4 is 22.8 Å². The molecule has 0 radical (unpaired) electrons. The van der Waals surface area contributed by atoms with Gasteiger partial charge in [-0.15, -0.1) is 0 Å². The molecule has 0 aliphatic heterocycles. The van der Waals surface area contributed by atoms with Gasteiger partial charge in [-0.2, -0.15) is 0 Å². The molecule has 2 rings (SSSR count). The molecule has 0 saturated carbocycles. The predicted molar refractivity (Wildman–Crippen MR) is 62.1 cm³/mol. The van der Waals surface area contributed by atoms with Gasteiger partial charge in [0.05, 0.1) is 11.0 Å². The number of aromatic nitrogens is 2. The monoisotopic (exact) mass is 232 g/mol. The summed E-state index contributed by atoms with van der Waals surface area (Å²) in [5, 5.41) is 8.63. The first-order valence-electron chi connectivity index (χ1n) is 5.26. The zero-order chi connectivity index (χ0) is 12.6. The number of nitrogens with one attached hydrogen (secondary N) is 1. The molecule has 2 N–H and O–H groups in total. The fraction of sp³-hybridized carbons (Fsp3) is 0.250. The summed E-state index contributed by atoms with van der Waals surface area (Å²) in [6.45, 7) is 4.00. The molecule has 0 saturated heterocycles. The quantitative estimate of drug-likeness (QED) is 0.625. The van der Waals surface area contributed by atoms with Crippen LogP contribution in [0.3, 0.4) is 0 Å². The highest BCUT2D eigenvalue weighted by Gasteiger charge is 2.15. The molecule has 88 valence electrons. The van der Waals surface area contributed by atoms with Crippen LogP contribution in [0.15, 0.2) is 18.2 Å². The summed E-state index contributed by atoms with van der Waals surface area (Å²) >= 11 is 0. The van der Waals surface area contributed by atoms with Crippen LogP contribution < -0.4 is 0 Å². The minimum absolute atomic E-state index is 0.156. The Morgan fingerprint density at radius 2 is 2.06 bits per heavy atom. The number of H-pyrrole nitrogens is 1. The summed E-state index contributed by atoms with van der Waals surface area (Å²) in [6, 6.07) is 4.64. The third-order valence-corrected chi connectivity index (χ3v) is 2.50. The van der Waals surface area contributed by atoms with Crippen molar-refractivity contribution < 1.29 is 14.7 Å². The lowest BCUT2D eigenvalue weighted by Gasteiger charge is -1.96. The molecule has 1 aromatic carbocycles. The summed E-state index contributed by atoms with van der Waals surface area (Å²) in [5.74, 6) is -1.29. The molecule has 5 nitrogen and oxygen atoms in total. The number of carboxylic acids is 1. The third-order valence-electron chi connectivity index (χ3n) is 2.50. The first-order valence-corrected chi connectivity index (χ1v) is 5.26. The lowest BCUT2D eigenvalue weighted by Crippen LogP contribution is -2.12. The van der Waals surface area contributed by atoms with Gasteiger partial charge in [0.1, 0.15) is 5.82 Å². The third kappa shape index (κ3) is 2.04. The molecule has 17 heavy (non-hydrogen) atoms. The molecule has 0 unspecified atom stereocenters. The van der Waals surface area contributed by atoms with Gasteiger partial charge in [-0.3, -0.25) is 4.79 Å². The Morgan fingerprint density at radius 3 is 2.65 bits per heavy atom. The Bertz CT molecular complexity index is 599. The van der Waals surface area contributed by atoms with Gasteiger partial charge in [0.25, 0.3) is 5.78 Å². The van der Waals surface area contributed by atoms with Crippen LogP contribution in [-0.2, 0) is 4.79 Å². The number of rotatable bonds is 3. The lowest BCUT2D eigenvalue weighted by atomic mass is 10.1. The highest BCUT2D eigenvalue weighted by atomic mass is 16.4. The number of benzene rings is 1.